The molecule has 3 aromatic carbocycles. The first-order valence-corrected chi connectivity index (χ1v) is 11.1. The molecule has 3 aromatic rings. The van der Waals surface area contributed by atoms with E-state index in [1.807, 2.05) is 54.6 Å². The third kappa shape index (κ3) is 4.73. The number of hydrogen-bond donors (Lipinski definition) is 2. The monoisotopic (exact) mass is 439 g/mol. The van der Waals surface area contributed by atoms with Crippen molar-refractivity contribution in [2.24, 2.45) is 0 Å². The second-order valence-electron chi connectivity index (χ2n) is 9.63. The summed E-state index contributed by atoms with van der Waals surface area (Å²) in [5.41, 5.74) is 4.74. The summed E-state index contributed by atoms with van der Waals surface area (Å²) in [6, 6.07) is 21.7. The van der Waals surface area contributed by atoms with Crippen LogP contribution < -0.4 is 10.1 Å². The van der Waals surface area contributed by atoms with Gasteiger partial charge in [-0.25, -0.2) is 4.79 Å². The number of rotatable bonds is 4. The van der Waals surface area contributed by atoms with Crippen LogP contribution in [0.15, 0.2) is 66.7 Å². The standard InChI is InChI=1S/C29H29NO3/c1-28(2,3)24-13-10-20(11-14-24)9-12-21-17-25(15-16-26(21)33-4)30-29(27(31)32)18-22-7-5-6-8-23(22)19-29/h5-8,10-11,13-17,30H,18-19H2,1-4H3,(H,31,32). The van der Waals surface area contributed by atoms with Crippen molar-refractivity contribution in [1.82, 2.24) is 0 Å². The topological polar surface area (TPSA) is 58.6 Å². The summed E-state index contributed by atoms with van der Waals surface area (Å²) in [6.45, 7) is 6.55. The number of fused-ring (bicyclic) bond motifs is 1. The fourth-order valence-electron chi connectivity index (χ4n) is 4.26. The summed E-state index contributed by atoms with van der Waals surface area (Å²) >= 11 is 0. The molecule has 0 bridgehead atoms. The van der Waals surface area contributed by atoms with Crippen molar-refractivity contribution >= 4 is 11.7 Å². The number of hydrogen-bond acceptors (Lipinski definition) is 3. The van der Waals surface area contributed by atoms with Gasteiger partial charge in [0.25, 0.3) is 0 Å². The predicted octanol–water partition coefficient (Wildman–Crippen LogP) is 5.43. The molecule has 4 nitrogen and oxygen atoms in total. The van der Waals surface area contributed by atoms with Crippen molar-refractivity contribution in [2.75, 3.05) is 12.4 Å². The number of carboxylic acid groups (broad SMARTS) is 1. The van der Waals surface area contributed by atoms with Crippen LogP contribution in [0.3, 0.4) is 0 Å². The van der Waals surface area contributed by atoms with Crippen LogP contribution in [-0.2, 0) is 23.1 Å². The zero-order valence-electron chi connectivity index (χ0n) is 19.5. The molecule has 1 aliphatic rings. The average Bonchev–Trinajstić information content (AvgIpc) is 3.17. The van der Waals surface area contributed by atoms with Crippen LogP contribution in [-0.4, -0.2) is 23.7 Å². The number of anilines is 1. The highest BCUT2D eigenvalue weighted by Crippen LogP contribution is 2.34. The average molecular weight is 440 g/mol. The number of carboxylic acids is 1. The van der Waals surface area contributed by atoms with Gasteiger partial charge < -0.3 is 15.2 Å². The third-order valence-electron chi connectivity index (χ3n) is 6.19. The van der Waals surface area contributed by atoms with Crippen LogP contribution >= 0.6 is 0 Å². The number of nitrogens with one attached hydrogen (secondary N) is 1. The van der Waals surface area contributed by atoms with Crippen LogP contribution in [0.4, 0.5) is 5.69 Å². The molecule has 168 valence electrons. The fourth-order valence-corrected chi connectivity index (χ4v) is 4.26. The zero-order chi connectivity index (χ0) is 23.6. The normalized spacial score (nSPS) is 14.1. The molecule has 0 heterocycles. The summed E-state index contributed by atoms with van der Waals surface area (Å²) < 4.78 is 5.50. The first-order valence-electron chi connectivity index (χ1n) is 11.1. The SMILES string of the molecule is COc1ccc(NC2(C(=O)O)Cc3ccccc3C2)cc1C#Cc1ccc(C(C)(C)C)cc1. The number of ether oxygens (including phenoxy) is 1. The van der Waals surface area contributed by atoms with Gasteiger partial charge in [0.1, 0.15) is 11.3 Å². The van der Waals surface area contributed by atoms with Gasteiger partial charge in [-0.2, -0.15) is 0 Å². The van der Waals surface area contributed by atoms with Gasteiger partial charge in [0.2, 0.25) is 0 Å². The van der Waals surface area contributed by atoms with Gasteiger partial charge in [-0.1, -0.05) is 69.0 Å². The van der Waals surface area contributed by atoms with Gasteiger partial charge in [-0.3, -0.25) is 0 Å². The Hall–Kier alpha value is -3.71. The lowest BCUT2D eigenvalue weighted by Gasteiger charge is -2.27. The Balaban J connectivity index is 1.62. The lowest BCUT2D eigenvalue weighted by Crippen LogP contribution is -2.47. The smallest absolute Gasteiger partial charge is 0.330 e. The Labute approximate surface area is 195 Å². The molecule has 0 amide bonds. The summed E-state index contributed by atoms with van der Waals surface area (Å²) in [7, 11) is 1.61. The summed E-state index contributed by atoms with van der Waals surface area (Å²) in [5.74, 6) is 6.20. The molecule has 0 fully saturated rings. The van der Waals surface area contributed by atoms with Crippen LogP contribution in [0.5, 0.6) is 5.75 Å². The van der Waals surface area contributed by atoms with E-state index in [4.69, 9.17) is 4.74 Å². The van der Waals surface area contributed by atoms with Crippen LogP contribution in [0.2, 0.25) is 0 Å². The lowest BCUT2D eigenvalue weighted by atomic mass is 9.87. The van der Waals surface area contributed by atoms with Crippen molar-refractivity contribution in [1.29, 1.82) is 0 Å². The molecule has 0 unspecified atom stereocenters. The maximum absolute atomic E-state index is 12.3. The van der Waals surface area contributed by atoms with E-state index in [-0.39, 0.29) is 5.41 Å². The van der Waals surface area contributed by atoms with Gasteiger partial charge in [0.05, 0.1) is 12.7 Å². The van der Waals surface area contributed by atoms with Gasteiger partial charge in [0.15, 0.2) is 0 Å². The highest BCUT2D eigenvalue weighted by molar-refractivity contribution is 5.85. The molecule has 1 aliphatic carbocycles. The van der Waals surface area contributed by atoms with Crippen molar-refractivity contribution in [2.45, 2.75) is 44.6 Å². The minimum Gasteiger partial charge on any atom is -0.495 e. The molecule has 0 saturated carbocycles. The van der Waals surface area contributed by atoms with Crippen molar-refractivity contribution < 1.29 is 14.6 Å². The van der Waals surface area contributed by atoms with E-state index >= 15 is 0 Å². The Kier molecular flexibility index (Phi) is 5.91. The lowest BCUT2D eigenvalue weighted by molar-refractivity contribution is -0.142. The quantitative estimate of drug-likeness (QED) is 0.533. The maximum atomic E-state index is 12.3. The molecule has 0 radical (unpaired) electrons. The van der Waals surface area contributed by atoms with E-state index in [0.717, 1.165) is 16.7 Å². The van der Waals surface area contributed by atoms with E-state index in [9.17, 15) is 9.90 Å². The largest absolute Gasteiger partial charge is 0.495 e. The van der Waals surface area contributed by atoms with Crippen molar-refractivity contribution in [3.63, 3.8) is 0 Å². The molecule has 2 N–H and O–H groups in total. The molecular formula is C29H29NO3. The van der Waals surface area contributed by atoms with Gasteiger partial charge in [-0.05, 0) is 52.4 Å². The van der Waals surface area contributed by atoms with Gasteiger partial charge in [0, 0.05) is 24.1 Å². The van der Waals surface area contributed by atoms with E-state index in [1.165, 1.54) is 5.56 Å². The number of methoxy groups -OCH3 is 1. The fraction of sp³-hybridized carbons (Fsp3) is 0.276. The van der Waals surface area contributed by atoms with Gasteiger partial charge in [-0.15, -0.1) is 0 Å². The predicted molar refractivity (Wildman–Crippen MR) is 132 cm³/mol. The molecule has 33 heavy (non-hydrogen) atoms. The number of benzene rings is 3. The molecular weight excluding hydrogens is 410 g/mol. The number of aliphatic carboxylic acids is 1. The minimum absolute atomic E-state index is 0.0924. The third-order valence-corrected chi connectivity index (χ3v) is 6.19. The Morgan fingerprint density at radius 3 is 2.15 bits per heavy atom. The first kappa shape index (κ1) is 22.5. The summed E-state index contributed by atoms with van der Waals surface area (Å²) in [6.07, 6.45) is 0.872. The van der Waals surface area contributed by atoms with Crippen LogP contribution in [0.1, 0.15) is 48.6 Å². The Morgan fingerprint density at radius 2 is 1.61 bits per heavy atom. The van der Waals surface area contributed by atoms with Gasteiger partial charge >= 0.3 is 5.97 Å². The zero-order valence-corrected chi connectivity index (χ0v) is 19.5. The second kappa shape index (κ2) is 8.67. The van der Waals surface area contributed by atoms with E-state index in [1.54, 1.807) is 7.11 Å². The van der Waals surface area contributed by atoms with Crippen LogP contribution in [0.25, 0.3) is 0 Å². The summed E-state index contributed by atoms with van der Waals surface area (Å²) in [5, 5.41) is 13.4. The molecule has 4 rings (SSSR count). The maximum Gasteiger partial charge on any atom is 0.330 e. The number of carbonyl (C=O) groups is 1. The van der Waals surface area contributed by atoms with Crippen LogP contribution in [0, 0.1) is 11.8 Å². The first-order chi connectivity index (χ1) is 15.7. The Morgan fingerprint density at radius 1 is 0.970 bits per heavy atom. The molecule has 0 aliphatic heterocycles. The Bertz CT molecular complexity index is 1220. The molecule has 0 atom stereocenters. The summed E-state index contributed by atoms with van der Waals surface area (Å²) in [4.78, 5) is 12.3. The van der Waals surface area contributed by atoms with E-state index in [0.29, 0.717) is 29.8 Å². The highest BCUT2D eigenvalue weighted by Gasteiger charge is 2.44. The molecule has 0 spiro atoms. The van der Waals surface area contributed by atoms with E-state index < -0.39 is 11.5 Å². The highest BCUT2D eigenvalue weighted by atomic mass is 16.5. The minimum atomic E-state index is -1.08. The molecule has 4 heteroatoms. The van der Waals surface area contributed by atoms with Crippen molar-refractivity contribution in [3.05, 3.63) is 94.5 Å². The molecule has 0 aromatic heterocycles. The van der Waals surface area contributed by atoms with Crippen molar-refractivity contribution in [3.8, 4) is 17.6 Å². The molecule has 0 saturated heterocycles. The van der Waals surface area contributed by atoms with E-state index in [2.05, 4.69) is 50.1 Å². The second-order valence-corrected chi connectivity index (χ2v) is 9.63.